The first-order chi connectivity index (χ1) is 36.7. The van der Waals surface area contributed by atoms with Gasteiger partial charge in [-0.2, -0.15) is 21.6 Å². The third-order valence-electron chi connectivity index (χ3n) is 11.9. The molecule has 0 spiro atoms. The molecule has 8 heterocycles. The van der Waals surface area contributed by atoms with Crippen LogP contribution in [0.5, 0.6) is 28.9 Å². The number of H-pyrrole nitrogens is 2. The molecule has 2 aliphatic heterocycles. The number of aromatic nitrogens is 6. The highest BCUT2D eigenvalue weighted by Gasteiger charge is 2.49. The second-order valence-electron chi connectivity index (χ2n) is 17.1. The molecule has 0 bridgehead atoms. The number of alkyl halides is 3. The van der Waals surface area contributed by atoms with Crippen LogP contribution in [0.3, 0.4) is 0 Å². The fourth-order valence-electron chi connectivity index (χ4n) is 7.87. The van der Waals surface area contributed by atoms with Gasteiger partial charge < -0.3 is 53.6 Å². The van der Waals surface area contributed by atoms with Gasteiger partial charge in [0.15, 0.2) is 23.0 Å². The number of nitrogens with one attached hydrogen (secondary N) is 3. The number of aromatic amines is 2. The van der Waals surface area contributed by atoms with Crippen molar-refractivity contribution in [1.82, 2.24) is 29.9 Å². The van der Waals surface area contributed by atoms with Crippen LogP contribution in [0.15, 0.2) is 131 Å². The van der Waals surface area contributed by atoms with Gasteiger partial charge >= 0.3 is 15.6 Å². The highest BCUT2D eigenvalue weighted by atomic mass is 32.2. The van der Waals surface area contributed by atoms with E-state index in [-0.39, 0.29) is 39.9 Å². The Morgan fingerprint density at radius 2 is 1.16 bits per heavy atom. The molecular formula is C53H53F3N8O11S. The van der Waals surface area contributed by atoms with E-state index in [2.05, 4.69) is 34.4 Å². The number of nitrogens with two attached hydrogens (primary N) is 1. The Labute approximate surface area is 433 Å². The van der Waals surface area contributed by atoms with Crippen LogP contribution in [0.4, 0.5) is 19.0 Å². The highest BCUT2D eigenvalue weighted by molar-refractivity contribution is 7.88. The number of benzene rings is 2. The number of anilines is 1. The van der Waals surface area contributed by atoms with E-state index in [1.165, 1.54) is 43.6 Å². The van der Waals surface area contributed by atoms with Crippen molar-refractivity contribution in [3.8, 4) is 51.4 Å². The van der Waals surface area contributed by atoms with Crippen LogP contribution >= 0.6 is 0 Å². The Bertz CT molecular complexity index is 3460. The normalized spacial score (nSPS) is 14.1. The fraction of sp³-hybridized carbons (Fsp3) is 0.283. The third-order valence-corrected chi connectivity index (χ3v) is 12.8. The zero-order valence-corrected chi connectivity index (χ0v) is 42.0. The smallest absolute Gasteiger partial charge is 0.493 e. The van der Waals surface area contributed by atoms with E-state index in [1.54, 1.807) is 56.0 Å². The zero-order valence-electron chi connectivity index (χ0n) is 41.2. The molecule has 0 amide bonds. The van der Waals surface area contributed by atoms with Crippen LogP contribution in [-0.4, -0.2) is 96.7 Å². The maximum absolute atomic E-state index is 12.9. The summed E-state index contributed by atoms with van der Waals surface area (Å²) in [6, 6.07) is 27.4. The fourth-order valence-corrected chi connectivity index (χ4v) is 8.30. The van der Waals surface area contributed by atoms with Gasteiger partial charge in [0, 0.05) is 92.2 Å². The molecule has 2 fully saturated rings. The van der Waals surface area contributed by atoms with Crippen molar-refractivity contribution in [2.45, 2.75) is 56.5 Å². The quantitative estimate of drug-likeness (QED) is 0.0593. The second-order valence-corrected chi connectivity index (χ2v) is 18.6. The van der Waals surface area contributed by atoms with Crippen LogP contribution in [0.2, 0.25) is 0 Å². The lowest BCUT2D eigenvalue weighted by atomic mass is 10.1. The zero-order chi connectivity index (χ0) is 53.7. The number of fused-ring (bicyclic) bond motifs is 2. The number of hydrogen-bond acceptors (Lipinski definition) is 17. The van der Waals surface area contributed by atoms with Crippen molar-refractivity contribution >= 4 is 37.7 Å². The Hall–Kier alpha value is -8.12. The van der Waals surface area contributed by atoms with Crippen molar-refractivity contribution in [3.05, 3.63) is 154 Å². The van der Waals surface area contributed by atoms with E-state index in [1.807, 2.05) is 36.4 Å². The van der Waals surface area contributed by atoms with Crippen LogP contribution in [0.1, 0.15) is 36.8 Å². The average Bonchev–Trinajstić information content (AvgIpc) is 3.44. The summed E-state index contributed by atoms with van der Waals surface area (Å²) in [5.41, 5.74) is 4.62. The summed E-state index contributed by atoms with van der Waals surface area (Å²) < 4.78 is 100. The molecule has 398 valence electrons. The Morgan fingerprint density at radius 1 is 0.658 bits per heavy atom. The minimum Gasteiger partial charge on any atom is -0.493 e. The molecule has 76 heavy (non-hydrogen) atoms. The summed E-state index contributed by atoms with van der Waals surface area (Å²) in [6.45, 7) is 3.61. The molecule has 0 radical (unpaired) electrons. The van der Waals surface area contributed by atoms with E-state index in [4.69, 9.17) is 39.1 Å². The van der Waals surface area contributed by atoms with E-state index < -0.39 is 21.5 Å². The number of nitrogens with zero attached hydrogens (tertiary/aromatic N) is 4. The molecule has 0 atom stereocenters. The molecular weight excluding hydrogens is 1010 g/mol. The predicted octanol–water partition coefficient (Wildman–Crippen LogP) is 8.09. The van der Waals surface area contributed by atoms with Crippen molar-refractivity contribution in [2.24, 2.45) is 5.73 Å². The van der Waals surface area contributed by atoms with Crippen molar-refractivity contribution < 1.29 is 54.2 Å². The average molecular weight is 1070 g/mol. The van der Waals surface area contributed by atoms with Crippen molar-refractivity contribution in [1.29, 1.82) is 0 Å². The molecule has 2 aliphatic rings. The molecule has 8 aromatic rings. The van der Waals surface area contributed by atoms with Gasteiger partial charge in [-0.3, -0.25) is 19.6 Å². The lowest BCUT2D eigenvalue weighted by molar-refractivity contribution is -0.0500. The minimum atomic E-state index is -5.92. The van der Waals surface area contributed by atoms with Crippen molar-refractivity contribution in [3.63, 3.8) is 0 Å². The minimum absolute atomic E-state index is 0.0144. The molecule has 0 unspecified atom stereocenters. The second kappa shape index (κ2) is 24.9. The molecule has 23 heteroatoms. The molecule has 0 saturated carbocycles. The lowest BCUT2D eigenvalue weighted by Crippen LogP contribution is -2.28. The molecule has 6 aromatic heterocycles. The maximum Gasteiger partial charge on any atom is 0.534 e. The summed E-state index contributed by atoms with van der Waals surface area (Å²) >= 11 is 0. The largest absolute Gasteiger partial charge is 0.534 e. The standard InChI is InChI=1S/C26H26N4O4.C21H19F3N2O6S.C6H8N2O/c1-32-24-13-18(5-6-23(24)34-19-8-11-33-12-9-19)21-14-22-20(3-2-10-27-22)26(30-21)29-16-17-4-7-25(31)28-15-17;1-29-19-11-13(4-5-18(19)31-14-6-9-30-10-7-14)16-12-17-15(3-2-8-25-17)20(26-16)32-33(27,28)21(22,23)24;7-3-5-1-2-6(9)8-4-5/h2-7,10,13-15,19H,8-9,11-12,16H2,1H3,(H,28,31)(H,29,30);2-5,8,11-12,14H,6-7,9-10H2,1H3;1-2,4H,3,7H2,(H,8,9). The van der Waals surface area contributed by atoms with Crippen LogP contribution < -0.4 is 45.3 Å². The molecule has 19 nitrogen and oxygen atoms in total. The number of ether oxygens (including phenoxy) is 6. The molecule has 0 aliphatic carbocycles. The van der Waals surface area contributed by atoms with Gasteiger partial charge in [0.05, 0.1) is 68.5 Å². The summed E-state index contributed by atoms with van der Waals surface area (Å²) in [5, 5.41) is 4.32. The molecule has 5 N–H and O–H groups in total. The third kappa shape index (κ3) is 14.0. The van der Waals surface area contributed by atoms with Gasteiger partial charge in [-0.1, -0.05) is 12.1 Å². The van der Waals surface area contributed by atoms with Gasteiger partial charge in [-0.15, -0.1) is 0 Å². The SMILES string of the molecule is COc1cc(-c2cc3ncccc3c(NCc3ccc(=O)[nH]c3)n2)ccc1OC1CCOCC1.COc1cc(-c2cc3ncccc3c(OS(=O)(=O)C(F)(F)F)n2)ccc1OC1CCOCC1.NCc1ccc(=O)[nH]c1. The number of methoxy groups -OCH3 is 2. The van der Waals surface area contributed by atoms with Crippen LogP contribution in [-0.2, 0) is 32.7 Å². The van der Waals surface area contributed by atoms with E-state index in [0.29, 0.717) is 73.9 Å². The lowest BCUT2D eigenvalue weighted by Gasteiger charge is -2.24. The monoisotopic (exact) mass is 1070 g/mol. The summed E-state index contributed by atoms with van der Waals surface area (Å²) in [5.74, 6) is 2.24. The Balaban J connectivity index is 0.000000173. The van der Waals surface area contributed by atoms with E-state index in [0.717, 1.165) is 59.0 Å². The van der Waals surface area contributed by atoms with Crippen LogP contribution in [0, 0.1) is 0 Å². The summed E-state index contributed by atoms with van der Waals surface area (Å²) in [7, 11) is -2.83. The van der Waals surface area contributed by atoms with Crippen LogP contribution in [0.25, 0.3) is 44.3 Å². The van der Waals surface area contributed by atoms with Gasteiger partial charge in [-0.05, 0) is 83.9 Å². The van der Waals surface area contributed by atoms with Gasteiger partial charge in [0.25, 0.3) is 0 Å². The van der Waals surface area contributed by atoms with E-state index >= 15 is 0 Å². The van der Waals surface area contributed by atoms with Gasteiger partial charge in [-0.25, -0.2) is 9.97 Å². The van der Waals surface area contributed by atoms with E-state index in [9.17, 15) is 31.2 Å². The number of halogens is 3. The predicted molar refractivity (Wildman–Crippen MR) is 277 cm³/mol. The topological polar surface area (TPSA) is 254 Å². The first kappa shape index (κ1) is 54.2. The number of pyridine rings is 6. The Morgan fingerprint density at radius 3 is 1.64 bits per heavy atom. The van der Waals surface area contributed by atoms with Crippen molar-refractivity contribution in [2.75, 3.05) is 46.0 Å². The van der Waals surface area contributed by atoms with Gasteiger partial charge in [0.2, 0.25) is 17.0 Å². The summed E-state index contributed by atoms with van der Waals surface area (Å²) in [6.07, 6.45) is 9.79. The number of rotatable bonds is 14. The number of hydrogen-bond donors (Lipinski definition) is 4. The molecule has 2 saturated heterocycles. The molecule has 2 aromatic carbocycles. The van der Waals surface area contributed by atoms with Gasteiger partial charge in [0.1, 0.15) is 18.0 Å². The summed E-state index contributed by atoms with van der Waals surface area (Å²) in [4.78, 5) is 44.5. The Kier molecular flexibility index (Phi) is 17.8. The first-order valence-corrected chi connectivity index (χ1v) is 25.3. The maximum atomic E-state index is 12.9. The highest BCUT2D eigenvalue weighted by Crippen LogP contribution is 2.38. The first-order valence-electron chi connectivity index (χ1n) is 23.9. The molecule has 10 rings (SSSR count).